The molecule has 6 nitrogen and oxygen atoms in total. The van der Waals surface area contributed by atoms with Crippen LogP contribution in [0.1, 0.15) is 24.4 Å². The number of aliphatic hydroxyl groups excluding tert-OH is 1. The van der Waals surface area contributed by atoms with Crippen LogP contribution < -0.4 is 10.2 Å². The second kappa shape index (κ2) is 8.58. The van der Waals surface area contributed by atoms with E-state index in [2.05, 4.69) is 20.2 Å². The lowest BCUT2D eigenvalue weighted by atomic mass is 10.0. The molecule has 146 valence electrons. The van der Waals surface area contributed by atoms with Crippen LogP contribution in [0.15, 0.2) is 30.6 Å². The number of rotatable bonds is 7. The van der Waals surface area contributed by atoms with Gasteiger partial charge in [0.05, 0.1) is 18.7 Å². The third-order valence-corrected chi connectivity index (χ3v) is 4.97. The first kappa shape index (κ1) is 19.4. The van der Waals surface area contributed by atoms with Crippen LogP contribution in [-0.4, -0.2) is 59.8 Å². The molecule has 0 amide bonds. The average Bonchev–Trinajstić information content (AvgIpc) is 3.13. The van der Waals surface area contributed by atoms with E-state index in [0.29, 0.717) is 5.82 Å². The number of likely N-dealkylation sites (N-methyl/N-ethyl adjacent to an activating group) is 1. The summed E-state index contributed by atoms with van der Waals surface area (Å²) >= 11 is 0. The number of hydrogen-bond acceptors (Lipinski definition) is 6. The molecule has 2 aromatic rings. The Morgan fingerprint density at radius 2 is 2.04 bits per heavy atom. The van der Waals surface area contributed by atoms with Gasteiger partial charge in [-0.25, -0.2) is 18.7 Å². The van der Waals surface area contributed by atoms with Gasteiger partial charge in [0.25, 0.3) is 0 Å². The molecular weight excluding hydrogens is 352 g/mol. The van der Waals surface area contributed by atoms with Gasteiger partial charge < -0.3 is 20.2 Å². The van der Waals surface area contributed by atoms with Crippen LogP contribution in [-0.2, 0) is 0 Å². The highest BCUT2D eigenvalue weighted by Gasteiger charge is 2.26. The number of benzene rings is 1. The first-order valence-corrected chi connectivity index (χ1v) is 9.05. The normalized spacial score (nSPS) is 18.1. The van der Waals surface area contributed by atoms with Crippen molar-refractivity contribution in [1.82, 2.24) is 14.9 Å². The molecule has 1 aliphatic rings. The van der Waals surface area contributed by atoms with E-state index in [0.717, 1.165) is 25.2 Å². The van der Waals surface area contributed by atoms with E-state index in [9.17, 15) is 13.9 Å². The monoisotopic (exact) mass is 377 g/mol. The fourth-order valence-corrected chi connectivity index (χ4v) is 3.50. The maximum atomic E-state index is 14.2. The summed E-state index contributed by atoms with van der Waals surface area (Å²) in [6, 6.07) is 5.26. The van der Waals surface area contributed by atoms with Crippen LogP contribution in [0, 0.1) is 11.6 Å². The molecule has 2 N–H and O–H groups in total. The van der Waals surface area contributed by atoms with Gasteiger partial charge in [0, 0.05) is 24.7 Å². The van der Waals surface area contributed by atoms with Crippen LogP contribution in [0.3, 0.4) is 0 Å². The van der Waals surface area contributed by atoms with Gasteiger partial charge in [0.15, 0.2) is 0 Å². The quantitative estimate of drug-likeness (QED) is 0.773. The smallest absolute Gasteiger partial charge is 0.134 e. The van der Waals surface area contributed by atoms with Gasteiger partial charge in [0.1, 0.15) is 29.6 Å². The topological polar surface area (TPSA) is 64.5 Å². The van der Waals surface area contributed by atoms with Crippen molar-refractivity contribution in [3.05, 3.63) is 47.8 Å². The maximum Gasteiger partial charge on any atom is 0.134 e. The summed E-state index contributed by atoms with van der Waals surface area (Å²) in [7, 11) is 3.55. The number of halogens is 2. The van der Waals surface area contributed by atoms with Crippen molar-refractivity contribution in [2.45, 2.75) is 24.9 Å². The van der Waals surface area contributed by atoms with Crippen molar-refractivity contribution in [3.63, 3.8) is 0 Å². The van der Waals surface area contributed by atoms with Crippen molar-refractivity contribution in [2.24, 2.45) is 0 Å². The molecule has 1 fully saturated rings. The van der Waals surface area contributed by atoms with Crippen LogP contribution in [0.4, 0.5) is 20.4 Å². The van der Waals surface area contributed by atoms with E-state index in [4.69, 9.17) is 0 Å². The Hall–Kier alpha value is -2.32. The molecule has 0 saturated carbocycles. The summed E-state index contributed by atoms with van der Waals surface area (Å²) in [6.07, 6.45) is 3.39. The summed E-state index contributed by atoms with van der Waals surface area (Å²) in [5.74, 6) is 0.179. The van der Waals surface area contributed by atoms with E-state index in [1.807, 2.05) is 0 Å². The molecule has 1 aromatic carbocycles. The molecule has 8 heteroatoms. The second-order valence-corrected chi connectivity index (χ2v) is 6.93. The van der Waals surface area contributed by atoms with Gasteiger partial charge in [-0.1, -0.05) is 6.07 Å². The Morgan fingerprint density at radius 3 is 2.70 bits per heavy atom. The maximum absolute atomic E-state index is 14.2. The summed E-state index contributed by atoms with van der Waals surface area (Å²) in [5, 5.41) is 12.7. The molecule has 3 rings (SSSR count). The fourth-order valence-electron chi connectivity index (χ4n) is 3.50. The molecule has 1 saturated heterocycles. The molecular formula is C19H25F2N5O. The molecule has 27 heavy (non-hydrogen) atoms. The molecule has 1 aliphatic heterocycles. The third-order valence-electron chi connectivity index (χ3n) is 4.97. The summed E-state index contributed by atoms with van der Waals surface area (Å²) in [4.78, 5) is 12.3. The van der Waals surface area contributed by atoms with Gasteiger partial charge in [0.2, 0.25) is 0 Å². The first-order valence-electron chi connectivity index (χ1n) is 9.05. The van der Waals surface area contributed by atoms with Crippen molar-refractivity contribution in [3.8, 4) is 0 Å². The van der Waals surface area contributed by atoms with Crippen molar-refractivity contribution < 1.29 is 13.9 Å². The first-order chi connectivity index (χ1) is 13.0. The Kier molecular flexibility index (Phi) is 6.18. The van der Waals surface area contributed by atoms with Crippen LogP contribution in [0.2, 0.25) is 0 Å². The van der Waals surface area contributed by atoms with Crippen LogP contribution in [0.25, 0.3) is 0 Å². The summed E-state index contributed by atoms with van der Waals surface area (Å²) in [5.41, 5.74) is 0.0316. The summed E-state index contributed by atoms with van der Waals surface area (Å²) in [6.45, 7) is 1.20. The predicted octanol–water partition coefficient (Wildman–Crippen LogP) is 2.43. The van der Waals surface area contributed by atoms with Crippen molar-refractivity contribution in [2.75, 3.05) is 44.0 Å². The average molecular weight is 377 g/mol. The Balaban J connectivity index is 1.76. The fraction of sp³-hybridized carbons (Fsp3) is 0.474. The van der Waals surface area contributed by atoms with Crippen molar-refractivity contribution >= 4 is 11.6 Å². The van der Waals surface area contributed by atoms with E-state index in [1.165, 1.54) is 24.5 Å². The Morgan fingerprint density at radius 1 is 1.30 bits per heavy atom. The molecule has 1 aromatic heterocycles. The Labute approximate surface area is 157 Å². The zero-order chi connectivity index (χ0) is 19.4. The Bertz CT molecular complexity index is 753. The molecule has 0 spiro atoms. The molecule has 2 atom stereocenters. The summed E-state index contributed by atoms with van der Waals surface area (Å²) < 4.78 is 28.4. The van der Waals surface area contributed by atoms with E-state index >= 15 is 0 Å². The molecule has 2 unspecified atom stereocenters. The van der Waals surface area contributed by atoms with Gasteiger partial charge >= 0.3 is 0 Å². The number of aromatic nitrogens is 2. The zero-order valence-electron chi connectivity index (χ0n) is 15.6. The second-order valence-electron chi connectivity index (χ2n) is 6.93. The van der Waals surface area contributed by atoms with Gasteiger partial charge in [-0.3, -0.25) is 0 Å². The predicted molar refractivity (Wildman–Crippen MR) is 101 cm³/mol. The lowest BCUT2D eigenvalue weighted by Gasteiger charge is -2.27. The standard InChI is InChI=1S/C19H25F2N5O/c1-25(2)16(19-14(20)6-3-7-15(19)21)10-22-17-9-18(24-12-23-17)26-8-4-5-13(26)11-27/h3,6-7,9,12-13,16,27H,4-5,8,10-11H2,1-2H3,(H,22,23,24). The molecule has 2 heterocycles. The number of nitrogens with zero attached hydrogens (tertiary/aromatic N) is 4. The van der Waals surface area contributed by atoms with E-state index < -0.39 is 17.7 Å². The highest BCUT2D eigenvalue weighted by Crippen LogP contribution is 2.27. The van der Waals surface area contributed by atoms with Crippen LogP contribution >= 0.6 is 0 Å². The number of anilines is 2. The highest BCUT2D eigenvalue weighted by molar-refractivity contribution is 5.50. The van der Waals surface area contributed by atoms with Crippen molar-refractivity contribution in [1.29, 1.82) is 0 Å². The van der Waals surface area contributed by atoms with Gasteiger partial charge in [-0.15, -0.1) is 0 Å². The molecule has 0 radical (unpaired) electrons. The number of hydrogen-bond donors (Lipinski definition) is 2. The molecule has 0 bridgehead atoms. The van der Waals surface area contributed by atoms with Gasteiger partial charge in [-0.05, 0) is 39.1 Å². The molecule has 0 aliphatic carbocycles. The minimum Gasteiger partial charge on any atom is -0.394 e. The zero-order valence-corrected chi connectivity index (χ0v) is 15.6. The minimum atomic E-state index is -0.568. The minimum absolute atomic E-state index is 0.0316. The van der Waals surface area contributed by atoms with Gasteiger partial charge in [-0.2, -0.15) is 0 Å². The van der Waals surface area contributed by atoms with E-state index in [-0.39, 0.29) is 24.8 Å². The largest absolute Gasteiger partial charge is 0.394 e. The van der Waals surface area contributed by atoms with Crippen LogP contribution in [0.5, 0.6) is 0 Å². The lowest BCUT2D eigenvalue weighted by Crippen LogP contribution is -2.33. The lowest BCUT2D eigenvalue weighted by molar-refractivity contribution is 0.266. The SMILES string of the molecule is CN(C)C(CNc1cc(N2CCCC2CO)ncn1)c1c(F)cccc1F. The number of nitrogens with one attached hydrogen (secondary N) is 1. The third kappa shape index (κ3) is 4.33. The number of aliphatic hydroxyl groups is 1. The highest BCUT2D eigenvalue weighted by atomic mass is 19.1. The van der Waals surface area contributed by atoms with E-state index in [1.54, 1.807) is 25.1 Å².